The molecule has 0 heterocycles. The molecule has 3 heteroatoms. The van der Waals surface area contributed by atoms with Crippen molar-refractivity contribution in [3.05, 3.63) is 41.5 Å². The number of hydrogen-bond acceptors (Lipinski definition) is 3. The van der Waals surface area contributed by atoms with Crippen LogP contribution in [0.15, 0.2) is 30.3 Å². The lowest BCUT2D eigenvalue weighted by molar-refractivity contribution is -0.134. The van der Waals surface area contributed by atoms with E-state index in [4.69, 9.17) is 5.73 Å². The molecule has 3 nitrogen and oxygen atoms in total. The SMILES string of the molecule is COC(=O)/C=C(\C)c1ccc(C[C@@H](C)N)cc1. The Balaban J connectivity index is 2.80. The van der Waals surface area contributed by atoms with Crippen molar-refractivity contribution in [2.45, 2.75) is 26.3 Å². The summed E-state index contributed by atoms with van der Waals surface area (Å²) in [5, 5.41) is 0. The van der Waals surface area contributed by atoms with Crippen molar-refractivity contribution in [2.75, 3.05) is 7.11 Å². The third-order valence-corrected chi connectivity index (χ3v) is 2.50. The number of hydrogen-bond donors (Lipinski definition) is 1. The van der Waals surface area contributed by atoms with E-state index in [1.807, 2.05) is 38.1 Å². The van der Waals surface area contributed by atoms with E-state index in [1.165, 1.54) is 18.7 Å². The number of esters is 1. The highest BCUT2D eigenvalue weighted by Gasteiger charge is 2.01. The van der Waals surface area contributed by atoms with Crippen molar-refractivity contribution in [3.63, 3.8) is 0 Å². The maximum atomic E-state index is 11.1. The topological polar surface area (TPSA) is 52.3 Å². The van der Waals surface area contributed by atoms with Gasteiger partial charge in [-0.05, 0) is 37.0 Å². The molecule has 1 aromatic carbocycles. The van der Waals surface area contributed by atoms with Gasteiger partial charge in [-0.2, -0.15) is 0 Å². The third-order valence-electron chi connectivity index (χ3n) is 2.50. The largest absolute Gasteiger partial charge is 0.466 e. The van der Waals surface area contributed by atoms with E-state index in [0.29, 0.717) is 0 Å². The molecule has 1 rings (SSSR count). The first-order valence-corrected chi connectivity index (χ1v) is 5.64. The smallest absolute Gasteiger partial charge is 0.330 e. The molecule has 0 amide bonds. The van der Waals surface area contributed by atoms with Crippen LogP contribution in [-0.2, 0) is 16.0 Å². The zero-order chi connectivity index (χ0) is 12.8. The Hall–Kier alpha value is -1.61. The number of allylic oxidation sites excluding steroid dienone is 1. The van der Waals surface area contributed by atoms with Crippen LogP contribution in [0, 0.1) is 0 Å². The standard InChI is InChI=1S/C14H19NO2/c1-10(8-14(16)17-3)13-6-4-12(5-7-13)9-11(2)15/h4-8,11H,9,15H2,1-3H3/b10-8+/t11-/m1/s1. The maximum Gasteiger partial charge on any atom is 0.330 e. The highest BCUT2D eigenvalue weighted by Crippen LogP contribution is 2.15. The van der Waals surface area contributed by atoms with Crippen LogP contribution in [0.5, 0.6) is 0 Å². The Kier molecular flexibility index (Phi) is 4.91. The molecular formula is C14H19NO2. The minimum absolute atomic E-state index is 0.160. The van der Waals surface area contributed by atoms with E-state index < -0.39 is 0 Å². The van der Waals surface area contributed by atoms with Crippen LogP contribution < -0.4 is 5.73 Å². The predicted molar refractivity (Wildman–Crippen MR) is 69.5 cm³/mol. The molecule has 0 spiro atoms. The fourth-order valence-electron chi connectivity index (χ4n) is 1.59. The zero-order valence-corrected chi connectivity index (χ0v) is 10.6. The second-order valence-corrected chi connectivity index (χ2v) is 4.23. The fourth-order valence-corrected chi connectivity index (χ4v) is 1.59. The molecule has 1 aromatic rings. The van der Waals surface area contributed by atoms with Crippen molar-refractivity contribution in [2.24, 2.45) is 5.73 Å². The average molecular weight is 233 g/mol. The lowest BCUT2D eigenvalue weighted by Crippen LogP contribution is -2.17. The molecule has 0 unspecified atom stereocenters. The molecule has 0 aromatic heterocycles. The van der Waals surface area contributed by atoms with Gasteiger partial charge in [-0.15, -0.1) is 0 Å². The maximum absolute atomic E-state index is 11.1. The van der Waals surface area contributed by atoms with E-state index in [1.54, 1.807) is 0 Å². The second-order valence-electron chi connectivity index (χ2n) is 4.23. The van der Waals surface area contributed by atoms with E-state index in [9.17, 15) is 4.79 Å². The van der Waals surface area contributed by atoms with Crippen LogP contribution in [0.4, 0.5) is 0 Å². The van der Waals surface area contributed by atoms with Gasteiger partial charge in [0.25, 0.3) is 0 Å². The molecular weight excluding hydrogens is 214 g/mol. The molecule has 2 N–H and O–H groups in total. The summed E-state index contributed by atoms with van der Waals surface area (Å²) in [5.41, 5.74) is 8.85. The molecule has 17 heavy (non-hydrogen) atoms. The fraction of sp³-hybridized carbons (Fsp3) is 0.357. The molecule has 0 bridgehead atoms. The molecule has 0 saturated carbocycles. The Bertz CT molecular complexity index is 405. The van der Waals surface area contributed by atoms with Gasteiger partial charge in [0, 0.05) is 12.1 Å². The first kappa shape index (κ1) is 13.5. The minimum atomic E-state index is -0.331. The van der Waals surface area contributed by atoms with Crippen molar-refractivity contribution >= 4 is 11.5 Å². The summed E-state index contributed by atoms with van der Waals surface area (Å²) in [6.07, 6.45) is 2.35. The van der Waals surface area contributed by atoms with Gasteiger partial charge in [0.15, 0.2) is 0 Å². The van der Waals surface area contributed by atoms with Gasteiger partial charge in [-0.3, -0.25) is 0 Å². The molecule has 0 saturated heterocycles. The second kappa shape index (κ2) is 6.21. The summed E-state index contributed by atoms with van der Waals surface area (Å²) in [6.45, 7) is 3.87. The number of benzene rings is 1. The first-order valence-electron chi connectivity index (χ1n) is 5.64. The molecule has 0 fully saturated rings. The van der Waals surface area contributed by atoms with Gasteiger partial charge in [0.1, 0.15) is 0 Å². The van der Waals surface area contributed by atoms with Gasteiger partial charge >= 0.3 is 5.97 Å². The number of methoxy groups -OCH3 is 1. The zero-order valence-electron chi connectivity index (χ0n) is 10.6. The normalized spacial score (nSPS) is 13.3. The minimum Gasteiger partial charge on any atom is -0.466 e. The number of rotatable bonds is 4. The van der Waals surface area contributed by atoms with Gasteiger partial charge in [-0.25, -0.2) is 4.79 Å². The van der Waals surface area contributed by atoms with Gasteiger partial charge in [0.05, 0.1) is 7.11 Å². The lowest BCUT2D eigenvalue weighted by atomic mass is 10.0. The number of carbonyl (C=O) groups is 1. The highest BCUT2D eigenvalue weighted by molar-refractivity contribution is 5.90. The summed E-state index contributed by atoms with van der Waals surface area (Å²) in [7, 11) is 1.37. The first-order chi connectivity index (χ1) is 8.02. The van der Waals surface area contributed by atoms with Crippen molar-refractivity contribution in [1.82, 2.24) is 0 Å². The molecule has 0 aliphatic rings. The van der Waals surface area contributed by atoms with Crippen LogP contribution >= 0.6 is 0 Å². The molecule has 0 aliphatic heterocycles. The van der Waals surface area contributed by atoms with Crippen LogP contribution in [0.2, 0.25) is 0 Å². The number of nitrogens with two attached hydrogens (primary N) is 1. The number of carbonyl (C=O) groups excluding carboxylic acids is 1. The summed E-state index contributed by atoms with van der Waals surface area (Å²) >= 11 is 0. The molecule has 92 valence electrons. The van der Waals surface area contributed by atoms with Crippen LogP contribution in [-0.4, -0.2) is 19.1 Å². The van der Waals surface area contributed by atoms with Crippen molar-refractivity contribution in [3.8, 4) is 0 Å². The van der Waals surface area contributed by atoms with Gasteiger partial charge in [0.2, 0.25) is 0 Å². The quantitative estimate of drug-likeness (QED) is 0.640. The molecule has 0 radical (unpaired) electrons. The highest BCUT2D eigenvalue weighted by atomic mass is 16.5. The average Bonchev–Trinajstić information content (AvgIpc) is 2.28. The lowest BCUT2D eigenvalue weighted by Gasteiger charge is -2.06. The van der Waals surface area contributed by atoms with E-state index >= 15 is 0 Å². The van der Waals surface area contributed by atoms with Gasteiger partial charge < -0.3 is 10.5 Å². The summed E-state index contributed by atoms with van der Waals surface area (Å²) < 4.78 is 4.59. The van der Waals surface area contributed by atoms with Crippen molar-refractivity contribution in [1.29, 1.82) is 0 Å². The summed E-state index contributed by atoms with van der Waals surface area (Å²) in [6, 6.07) is 8.21. The monoisotopic (exact) mass is 233 g/mol. The predicted octanol–water partition coefficient (Wildman–Crippen LogP) is 2.15. The Labute approximate surface area is 102 Å². The van der Waals surface area contributed by atoms with Crippen molar-refractivity contribution < 1.29 is 9.53 Å². The molecule has 0 aliphatic carbocycles. The summed E-state index contributed by atoms with van der Waals surface area (Å²) in [5.74, 6) is -0.331. The van der Waals surface area contributed by atoms with Crippen LogP contribution in [0.3, 0.4) is 0 Å². The van der Waals surface area contributed by atoms with E-state index in [-0.39, 0.29) is 12.0 Å². The van der Waals surface area contributed by atoms with E-state index in [2.05, 4.69) is 4.74 Å². The Morgan fingerprint density at radius 3 is 2.47 bits per heavy atom. The van der Waals surface area contributed by atoms with Crippen LogP contribution in [0.1, 0.15) is 25.0 Å². The van der Waals surface area contributed by atoms with Gasteiger partial charge in [-0.1, -0.05) is 24.3 Å². The summed E-state index contributed by atoms with van der Waals surface area (Å²) in [4.78, 5) is 11.1. The van der Waals surface area contributed by atoms with E-state index in [0.717, 1.165) is 17.6 Å². The van der Waals surface area contributed by atoms with Crippen LogP contribution in [0.25, 0.3) is 5.57 Å². The Morgan fingerprint density at radius 1 is 1.41 bits per heavy atom. The molecule has 1 atom stereocenters. The third kappa shape index (κ3) is 4.41. The Morgan fingerprint density at radius 2 is 2.00 bits per heavy atom. The number of ether oxygens (including phenoxy) is 1.